The van der Waals surface area contributed by atoms with Crippen LogP contribution in [0.15, 0.2) is 41.4 Å². The monoisotopic (exact) mass is 453 g/mol. The molecule has 0 fully saturated rings. The fraction of sp³-hybridized carbons (Fsp3) is 0.316. The molecule has 0 saturated heterocycles. The van der Waals surface area contributed by atoms with Crippen molar-refractivity contribution in [3.63, 3.8) is 0 Å². The lowest BCUT2D eigenvalue weighted by Crippen LogP contribution is -2.37. The Hall–Kier alpha value is -1.96. The van der Waals surface area contributed by atoms with E-state index >= 15 is 0 Å². The second kappa shape index (κ2) is 8.42. The van der Waals surface area contributed by atoms with Gasteiger partial charge in [-0.25, -0.2) is 4.99 Å². The Morgan fingerprint density at radius 1 is 1.28 bits per heavy atom. The van der Waals surface area contributed by atoms with Gasteiger partial charge >= 0.3 is 0 Å². The molecule has 134 valence electrons. The highest BCUT2D eigenvalue weighted by atomic mass is 127. The topological polar surface area (TPSA) is 79.9 Å². The number of benzene rings is 2. The highest BCUT2D eigenvalue weighted by molar-refractivity contribution is 14.0. The zero-order valence-corrected chi connectivity index (χ0v) is 16.8. The minimum Gasteiger partial charge on any atom is -0.507 e. The van der Waals surface area contributed by atoms with Gasteiger partial charge in [0.05, 0.1) is 19.2 Å². The zero-order chi connectivity index (χ0) is 17.1. The number of guanidine groups is 1. The van der Waals surface area contributed by atoms with Crippen LogP contribution in [-0.2, 0) is 6.54 Å². The molecule has 1 aliphatic rings. The van der Waals surface area contributed by atoms with Crippen LogP contribution in [0.25, 0.3) is 0 Å². The minimum atomic E-state index is 0. The zero-order valence-electron chi connectivity index (χ0n) is 14.5. The Balaban J connectivity index is 0.00000225. The van der Waals surface area contributed by atoms with E-state index in [-0.39, 0.29) is 30.0 Å². The van der Waals surface area contributed by atoms with Crippen molar-refractivity contribution >= 4 is 29.9 Å². The molecule has 0 aromatic heterocycles. The SMILES string of the molecule is Cc1cc(CN=C(N)NC2CCOc3ccccc32)cc(C)c1O.I. The maximum absolute atomic E-state index is 9.83. The molecule has 6 heteroatoms. The van der Waals surface area contributed by atoms with Crippen molar-refractivity contribution in [2.24, 2.45) is 10.7 Å². The summed E-state index contributed by atoms with van der Waals surface area (Å²) in [5.41, 5.74) is 9.91. The van der Waals surface area contributed by atoms with Gasteiger partial charge in [0, 0.05) is 12.0 Å². The molecular weight excluding hydrogens is 429 g/mol. The molecular formula is C19H24IN3O2. The molecule has 5 nitrogen and oxygen atoms in total. The maximum Gasteiger partial charge on any atom is 0.189 e. The minimum absolute atomic E-state index is 0. The second-order valence-electron chi connectivity index (χ2n) is 6.15. The van der Waals surface area contributed by atoms with Gasteiger partial charge in [0.2, 0.25) is 0 Å². The molecule has 0 radical (unpaired) electrons. The number of para-hydroxylation sites is 1. The highest BCUT2D eigenvalue weighted by Crippen LogP contribution is 2.31. The predicted octanol–water partition coefficient (Wildman–Crippen LogP) is 3.56. The number of nitrogens with two attached hydrogens (primary N) is 1. The summed E-state index contributed by atoms with van der Waals surface area (Å²) in [5.74, 6) is 1.66. The van der Waals surface area contributed by atoms with Crippen LogP contribution in [0.3, 0.4) is 0 Å². The largest absolute Gasteiger partial charge is 0.507 e. The number of halogens is 1. The molecule has 4 N–H and O–H groups in total. The van der Waals surface area contributed by atoms with E-state index in [4.69, 9.17) is 10.5 Å². The number of aromatic hydroxyl groups is 1. The maximum atomic E-state index is 9.83. The highest BCUT2D eigenvalue weighted by Gasteiger charge is 2.21. The van der Waals surface area contributed by atoms with Crippen molar-refractivity contribution in [1.82, 2.24) is 5.32 Å². The van der Waals surface area contributed by atoms with E-state index in [0.717, 1.165) is 34.4 Å². The van der Waals surface area contributed by atoms with Crippen molar-refractivity contribution in [1.29, 1.82) is 0 Å². The molecule has 25 heavy (non-hydrogen) atoms. The number of rotatable bonds is 3. The van der Waals surface area contributed by atoms with Crippen LogP contribution in [0.5, 0.6) is 11.5 Å². The molecule has 1 unspecified atom stereocenters. The van der Waals surface area contributed by atoms with Crippen molar-refractivity contribution in [2.75, 3.05) is 6.61 Å². The number of aryl methyl sites for hydroxylation is 2. The molecule has 1 aliphatic heterocycles. The normalized spacial score (nSPS) is 16.4. The van der Waals surface area contributed by atoms with E-state index in [2.05, 4.69) is 10.3 Å². The summed E-state index contributed by atoms with van der Waals surface area (Å²) in [6.45, 7) is 4.91. The number of ether oxygens (including phenoxy) is 1. The van der Waals surface area contributed by atoms with Crippen molar-refractivity contribution < 1.29 is 9.84 Å². The first kappa shape index (κ1) is 19.4. The quantitative estimate of drug-likeness (QED) is 0.377. The van der Waals surface area contributed by atoms with E-state index in [1.165, 1.54) is 0 Å². The summed E-state index contributed by atoms with van der Waals surface area (Å²) in [6, 6.07) is 12.0. The van der Waals surface area contributed by atoms with E-state index < -0.39 is 0 Å². The van der Waals surface area contributed by atoms with Gasteiger partial charge in [-0.1, -0.05) is 30.3 Å². The number of hydrogen-bond donors (Lipinski definition) is 3. The molecule has 1 atom stereocenters. The number of nitrogens with zero attached hydrogens (tertiary/aromatic N) is 1. The number of hydrogen-bond acceptors (Lipinski definition) is 3. The first-order chi connectivity index (χ1) is 11.5. The summed E-state index contributed by atoms with van der Waals surface area (Å²) in [6.07, 6.45) is 0.852. The second-order valence-corrected chi connectivity index (χ2v) is 6.15. The summed E-state index contributed by atoms with van der Waals surface area (Å²) >= 11 is 0. The van der Waals surface area contributed by atoms with Gasteiger partial charge in [-0.3, -0.25) is 0 Å². The molecule has 3 rings (SSSR count). The molecule has 0 amide bonds. The molecule has 0 bridgehead atoms. The summed E-state index contributed by atoms with van der Waals surface area (Å²) < 4.78 is 5.66. The van der Waals surface area contributed by atoms with Crippen LogP contribution >= 0.6 is 24.0 Å². The van der Waals surface area contributed by atoms with Gasteiger partial charge in [0.25, 0.3) is 0 Å². The summed E-state index contributed by atoms with van der Waals surface area (Å²) in [4.78, 5) is 4.43. The Morgan fingerprint density at radius 3 is 2.68 bits per heavy atom. The number of fused-ring (bicyclic) bond motifs is 1. The van der Waals surface area contributed by atoms with Gasteiger partial charge in [-0.05, 0) is 36.6 Å². The fourth-order valence-corrected chi connectivity index (χ4v) is 3.03. The number of phenolic OH excluding ortho intramolecular Hbond substituents is 1. The molecule has 2 aromatic rings. The van der Waals surface area contributed by atoms with E-state index in [0.29, 0.717) is 24.9 Å². The van der Waals surface area contributed by atoms with Gasteiger partial charge in [-0.15, -0.1) is 24.0 Å². The molecule has 1 heterocycles. The average Bonchev–Trinajstić information content (AvgIpc) is 2.58. The van der Waals surface area contributed by atoms with Crippen molar-refractivity contribution in [3.05, 3.63) is 58.7 Å². The molecule has 0 aliphatic carbocycles. The molecule has 0 spiro atoms. The smallest absolute Gasteiger partial charge is 0.189 e. The number of aliphatic imine (C=N–C) groups is 1. The van der Waals surface area contributed by atoms with Gasteiger partial charge in [0.1, 0.15) is 11.5 Å². The van der Waals surface area contributed by atoms with E-state index in [9.17, 15) is 5.11 Å². The van der Waals surface area contributed by atoms with Crippen molar-refractivity contribution in [2.45, 2.75) is 32.9 Å². The van der Waals surface area contributed by atoms with Crippen LogP contribution < -0.4 is 15.8 Å². The van der Waals surface area contributed by atoms with Crippen LogP contribution in [-0.4, -0.2) is 17.7 Å². The van der Waals surface area contributed by atoms with Crippen LogP contribution in [0.2, 0.25) is 0 Å². The predicted molar refractivity (Wildman–Crippen MR) is 111 cm³/mol. The van der Waals surface area contributed by atoms with Crippen LogP contribution in [0, 0.1) is 13.8 Å². The van der Waals surface area contributed by atoms with Crippen LogP contribution in [0.1, 0.15) is 34.7 Å². The third-order valence-corrected chi connectivity index (χ3v) is 4.26. The molecule has 2 aromatic carbocycles. The first-order valence-corrected chi connectivity index (χ1v) is 8.12. The Morgan fingerprint density at radius 2 is 1.96 bits per heavy atom. The standard InChI is InChI=1S/C19H23N3O2.HI/c1-12-9-14(10-13(2)18(12)23)11-21-19(20)22-16-7-8-24-17-6-4-3-5-15(16)17;/h3-6,9-10,16,23H,7-8,11H2,1-2H3,(H3,20,21,22);1H. The summed E-state index contributed by atoms with van der Waals surface area (Å²) in [5, 5.41) is 13.1. The Labute approximate surface area is 165 Å². The number of phenols is 1. The molecule has 0 saturated carbocycles. The first-order valence-electron chi connectivity index (χ1n) is 8.12. The number of nitrogens with one attached hydrogen (secondary N) is 1. The summed E-state index contributed by atoms with van der Waals surface area (Å²) in [7, 11) is 0. The van der Waals surface area contributed by atoms with Gasteiger partial charge < -0.3 is 20.9 Å². The Kier molecular flexibility index (Phi) is 6.52. The van der Waals surface area contributed by atoms with Gasteiger partial charge in [0.15, 0.2) is 5.96 Å². The van der Waals surface area contributed by atoms with Crippen molar-refractivity contribution in [3.8, 4) is 11.5 Å². The van der Waals surface area contributed by atoms with Gasteiger partial charge in [-0.2, -0.15) is 0 Å². The fourth-order valence-electron chi connectivity index (χ4n) is 3.03. The third-order valence-electron chi connectivity index (χ3n) is 4.26. The lowest BCUT2D eigenvalue weighted by molar-refractivity contribution is 0.262. The third kappa shape index (κ3) is 4.56. The lowest BCUT2D eigenvalue weighted by atomic mass is 10.0. The Bertz CT molecular complexity index is 754. The lowest BCUT2D eigenvalue weighted by Gasteiger charge is -2.26. The average molecular weight is 453 g/mol. The van der Waals surface area contributed by atoms with Crippen LogP contribution in [0.4, 0.5) is 0 Å². The van der Waals surface area contributed by atoms with E-state index in [1.54, 1.807) is 0 Å². The van der Waals surface area contributed by atoms with E-state index in [1.807, 2.05) is 50.2 Å².